The Morgan fingerprint density at radius 3 is 2.56 bits per heavy atom. The number of carboxylic acid groups (broad SMARTS) is 1. The van der Waals surface area contributed by atoms with Gasteiger partial charge in [0.1, 0.15) is 9.71 Å². The minimum Gasteiger partial charge on any atom is -0.477 e. The molecule has 0 atom stereocenters. The number of aromatic carboxylic acids is 1. The van der Waals surface area contributed by atoms with E-state index < -0.39 is 5.97 Å². The quantitative estimate of drug-likeness (QED) is 0.688. The minimum absolute atomic E-state index is 0.0198. The highest BCUT2D eigenvalue weighted by Gasteiger charge is 2.36. The van der Waals surface area contributed by atoms with E-state index in [2.05, 4.69) is 18.8 Å². The largest absolute Gasteiger partial charge is 0.477 e. The van der Waals surface area contributed by atoms with E-state index in [4.69, 9.17) is 10.7 Å². The number of nitrogens with two attached hydrogens (primary N) is 1. The fraction of sp³-hybridized carbons (Fsp3) is 0.389. The van der Waals surface area contributed by atoms with Gasteiger partial charge in [-0.15, -0.1) is 22.7 Å². The summed E-state index contributed by atoms with van der Waals surface area (Å²) in [6, 6.07) is 0. The number of hydrogen-bond acceptors (Lipinski definition) is 6. The number of thiazole rings is 1. The van der Waals surface area contributed by atoms with Crippen LogP contribution in [0.15, 0.2) is 0 Å². The van der Waals surface area contributed by atoms with E-state index in [9.17, 15) is 9.90 Å². The first-order valence-corrected chi connectivity index (χ1v) is 9.77. The van der Waals surface area contributed by atoms with Crippen molar-refractivity contribution in [1.82, 2.24) is 9.97 Å². The second-order valence-corrected chi connectivity index (χ2v) is 9.38. The molecule has 0 aromatic carbocycles. The fourth-order valence-corrected chi connectivity index (χ4v) is 5.66. The van der Waals surface area contributed by atoms with Crippen molar-refractivity contribution in [2.24, 2.45) is 0 Å². The van der Waals surface area contributed by atoms with E-state index in [-0.39, 0.29) is 10.3 Å². The zero-order valence-corrected chi connectivity index (χ0v) is 16.2. The number of aromatic nitrogens is 2. The van der Waals surface area contributed by atoms with Crippen molar-refractivity contribution >= 4 is 44.5 Å². The Kier molecular flexibility index (Phi) is 3.46. The highest BCUT2D eigenvalue weighted by atomic mass is 32.1. The van der Waals surface area contributed by atoms with E-state index in [0.29, 0.717) is 10.5 Å². The van der Waals surface area contributed by atoms with Gasteiger partial charge in [-0.25, -0.2) is 14.8 Å². The lowest BCUT2D eigenvalue weighted by Crippen LogP contribution is -2.14. The van der Waals surface area contributed by atoms with Gasteiger partial charge in [-0.2, -0.15) is 0 Å². The molecule has 7 heteroatoms. The first kappa shape index (κ1) is 16.5. The molecule has 0 aliphatic heterocycles. The third-order valence-corrected chi connectivity index (χ3v) is 7.12. The molecule has 3 aromatic rings. The van der Waals surface area contributed by atoms with Crippen molar-refractivity contribution in [2.45, 2.75) is 46.0 Å². The van der Waals surface area contributed by atoms with Crippen molar-refractivity contribution in [3.63, 3.8) is 0 Å². The topological polar surface area (TPSA) is 89.1 Å². The normalized spacial score (nSPS) is 15.7. The van der Waals surface area contributed by atoms with Crippen LogP contribution in [-0.4, -0.2) is 21.0 Å². The molecule has 0 amide bonds. The first-order valence-electron chi connectivity index (χ1n) is 8.13. The number of fused-ring (bicyclic) bond motifs is 2. The number of anilines is 1. The lowest BCUT2D eigenvalue weighted by Gasteiger charge is -2.18. The van der Waals surface area contributed by atoms with Gasteiger partial charge in [-0.1, -0.05) is 13.8 Å². The molecule has 3 N–H and O–H groups in total. The SMILES string of the molecule is Cc1nc(C)c(-c2c3c(nc4sc(C(=O)O)c(N)c24)C(C)(C)CC3)s1. The fourth-order valence-electron chi connectivity index (χ4n) is 3.72. The summed E-state index contributed by atoms with van der Waals surface area (Å²) in [5, 5.41) is 11.3. The Labute approximate surface area is 153 Å². The van der Waals surface area contributed by atoms with Gasteiger partial charge in [0.2, 0.25) is 0 Å². The maximum atomic E-state index is 11.6. The number of nitrogen functional groups attached to an aromatic ring is 1. The van der Waals surface area contributed by atoms with Gasteiger partial charge < -0.3 is 10.8 Å². The zero-order chi connectivity index (χ0) is 18.1. The molecule has 0 spiro atoms. The molecule has 0 bridgehead atoms. The monoisotopic (exact) mass is 373 g/mol. The molecule has 4 rings (SSSR count). The lowest BCUT2D eigenvalue weighted by molar-refractivity contribution is 0.0703. The molecule has 0 unspecified atom stereocenters. The number of carboxylic acids is 1. The number of hydrogen-bond donors (Lipinski definition) is 2. The van der Waals surface area contributed by atoms with E-state index >= 15 is 0 Å². The van der Waals surface area contributed by atoms with Gasteiger partial charge in [0.05, 0.1) is 27.0 Å². The molecule has 1 aliphatic carbocycles. The van der Waals surface area contributed by atoms with Crippen molar-refractivity contribution in [1.29, 1.82) is 0 Å². The average Bonchev–Trinajstić information content (AvgIpc) is 3.13. The number of rotatable bonds is 2. The molecule has 0 fully saturated rings. The summed E-state index contributed by atoms with van der Waals surface area (Å²) >= 11 is 2.81. The van der Waals surface area contributed by atoms with Gasteiger partial charge in [-0.3, -0.25) is 0 Å². The number of pyridine rings is 1. The molecule has 5 nitrogen and oxygen atoms in total. The van der Waals surface area contributed by atoms with Gasteiger partial charge in [0, 0.05) is 16.4 Å². The highest BCUT2D eigenvalue weighted by molar-refractivity contribution is 7.21. The third kappa shape index (κ3) is 2.29. The average molecular weight is 374 g/mol. The molecular weight excluding hydrogens is 354 g/mol. The standard InChI is InChI=1S/C18H19N3O2S2/c1-7-13(24-8(2)20-7)10-9-5-6-18(3,4)15(9)21-16-11(10)12(19)14(25-16)17(22)23/h5-6,19H2,1-4H3,(H,22,23). The summed E-state index contributed by atoms with van der Waals surface area (Å²) in [5.41, 5.74) is 10.9. The van der Waals surface area contributed by atoms with Crippen LogP contribution in [0.5, 0.6) is 0 Å². The summed E-state index contributed by atoms with van der Waals surface area (Å²) < 4.78 is 0. The van der Waals surface area contributed by atoms with E-state index in [1.54, 1.807) is 11.3 Å². The number of thiophene rings is 1. The number of carbonyl (C=O) groups is 1. The van der Waals surface area contributed by atoms with Crippen LogP contribution in [0.3, 0.4) is 0 Å². The molecule has 1 aliphatic rings. The maximum absolute atomic E-state index is 11.6. The lowest BCUT2D eigenvalue weighted by atomic mass is 9.89. The Morgan fingerprint density at radius 1 is 1.24 bits per heavy atom. The maximum Gasteiger partial charge on any atom is 0.348 e. The number of aryl methyl sites for hydroxylation is 2. The predicted molar refractivity (Wildman–Crippen MR) is 103 cm³/mol. The van der Waals surface area contributed by atoms with Crippen LogP contribution in [0, 0.1) is 13.8 Å². The Balaban J connectivity index is 2.18. The first-order chi connectivity index (χ1) is 11.7. The van der Waals surface area contributed by atoms with Crippen LogP contribution in [0.25, 0.3) is 20.7 Å². The second kappa shape index (κ2) is 5.25. The van der Waals surface area contributed by atoms with Crippen LogP contribution in [0.1, 0.15) is 51.9 Å². The van der Waals surface area contributed by atoms with Crippen molar-refractivity contribution in [2.75, 3.05) is 5.73 Å². The smallest absolute Gasteiger partial charge is 0.348 e. The van der Waals surface area contributed by atoms with Crippen molar-refractivity contribution < 1.29 is 9.90 Å². The number of nitrogens with zero attached hydrogens (tertiary/aromatic N) is 2. The Hall–Kier alpha value is -1.99. The molecule has 0 saturated carbocycles. The molecule has 0 saturated heterocycles. The Bertz CT molecular complexity index is 1050. The van der Waals surface area contributed by atoms with Crippen molar-refractivity contribution in [3.05, 3.63) is 26.8 Å². The zero-order valence-electron chi connectivity index (χ0n) is 14.6. The van der Waals surface area contributed by atoms with E-state index in [1.807, 2.05) is 13.8 Å². The summed E-state index contributed by atoms with van der Waals surface area (Å²) in [6.45, 7) is 8.38. The van der Waals surface area contributed by atoms with Crippen LogP contribution in [0.4, 0.5) is 5.69 Å². The summed E-state index contributed by atoms with van der Waals surface area (Å²) in [6.07, 6.45) is 1.96. The van der Waals surface area contributed by atoms with Gasteiger partial charge in [-0.05, 0) is 32.3 Å². The van der Waals surface area contributed by atoms with Crippen LogP contribution in [-0.2, 0) is 11.8 Å². The second-order valence-electron chi connectivity index (χ2n) is 7.18. The van der Waals surface area contributed by atoms with Crippen LogP contribution >= 0.6 is 22.7 Å². The predicted octanol–water partition coefficient (Wildman–Crippen LogP) is 4.54. The van der Waals surface area contributed by atoms with E-state index in [0.717, 1.165) is 45.1 Å². The summed E-state index contributed by atoms with van der Waals surface area (Å²) in [7, 11) is 0. The minimum atomic E-state index is -0.997. The van der Waals surface area contributed by atoms with Gasteiger partial charge >= 0.3 is 5.97 Å². The molecule has 3 aromatic heterocycles. The molecule has 130 valence electrons. The van der Waals surface area contributed by atoms with Crippen LogP contribution in [0.2, 0.25) is 0 Å². The summed E-state index contributed by atoms with van der Waals surface area (Å²) in [4.78, 5) is 23.0. The highest BCUT2D eigenvalue weighted by Crippen LogP contribution is 2.50. The molecule has 0 radical (unpaired) electrons. The van der Waals surface area contributed by atoms with Gasteiger partial charge in [0.25, 0.3) is 0 Å². The molecule has 3 heterocycles. The van der Waals surface area contributed by atoms with Crippen molar-refractivity contribution in [3.8, 4) is 10.4 Å². The molecule has 25 heavy (non-hydrogen) atoms. The van der Waals surface area contributed by atoms with E-state index in [1.165, 1.54) is 16.9 Å². The Morgan fingerprint density at radius 2 is 1.96 bits per heavy atom. The third-order valence-electron chi connectivity index (χ3n) is 4.94. The van der Waals surface area contributed by atoms with Crippen LogP contribution < -0.4 is 5.73 Å². The summed E-state index contributed by atoms with van der Waals surface area (Å²) in [5.74, 6) is -0.997. The van der Waals surface area contributed by atoms with Gasteiger partial charge in [0.15, 0.2) is 0 Å². The molecular formula is C18H19N3O2S2.